The number of phenolic OH excluding ortho intramolecular Hbond substituents is 1. The van der Waals surface area contributed by atoms with Crippen molar-refractivity contribution in [1.82, 2.24) is 14.9 Å². The average molecular weight is 471 g/mol. The number of aryl methyl sites for hydroxylation is 1. The van der Waals surface area contributed by atoms with Crippen LogP contribution in [0.4, 0.5) is 5.69 Å². The van der Waals surface area contributed by atoms with Gasteiger partial charge in [0.1, 0.15) is 11.5 Å². The molecule has 3 heterocycles. The van der Waals surface area contributed by atoms with Gasteiger partial charge in [-0.05, 0) is 86.2 Å². The zero-order chi connectivity index (χ0) is 23.8. The molecule has 1 aliphatic rings. The number of hydrogen-bond donors (Lipinski definition) is 2. The first kappa shape index (κ1) is 22.0. The second-order valence-electron chi connectivity index (χ2n) is 8.35. The molecule has 1 aliphatic heterocycles. The van der Waals surface area contributed by atoms with E-state index in [1.54, 1.807) is 19.2 Å². The SMILES string of the molecule is COc1ccccc1N1C(=S)NC(c2ccccn2)C1c1cc(C)n(-c2ccc(O)cc2)c1C. The molecular weight excluding hydrogens is 444 g/mol. The summed E-state index contributed by atoms with van der Waals surface area (Å²) >= 11 is 5.87. The highest BCUT2D eigenvalue weighted by Gasteiger charge is 2.43. The zero-order valence-corrected chi connectivity index (χ0v) is 20.1. The summed E-state index contributed by atoms with van der Waals surface area (Å²) in [4.78, 5) is 6.79. The van der Waals surface area contributed by atoms with Crippen LogP contribution in [0.3, 0.4) is 0 Å². The molecule has 0 saturated carbocycles. The van der Waals surface area contributed by atoms with Crippen LogP contribution in [0.15, 0.2) is 79.0 Å². The smallest absolute Gasteiger partial charge is 0.174 e. The average Bonchev–Trinajstić information content (AvgIpc) is 3.35. The van der Waals surface area contributed by atoms with Crippen molar-refractivity contribution in [3.8, 4) is 17.2 Å². The fourth-order valence-corrected chi connectivity index (χ4v) is 5.18. The van der Waals surface area contributed by atoms with Crippen LogP contribution in [0.25, 0.3) is 5.69 Å². The minimum absolute atomic E-state index is 0.143. The highest BCUT2D eigenvalue weighted by atomic mass is 32.1. The number of ether oxygens (including phenoxy) is 1. The van der Waals surface area contributed by atoms with Crippen LogP contribution < -0.4 is 15.0 Å². The number of para-hydroxylation sites is 2. The summed E-state index contributed by atoms with van der Waals surface area (Å²) in [7, 11) is 1.67. The van der Waals surface area contributed by atoms with Crippen molar-refractivity contribution in [2.24, 2.45) is 0 Å². The number of nitrogens with one attached hydrogen (secondary N) is 1. The molecule has 34 heavy (non-hydrogen) atoms. The predicted molar refractivity (Wildman–Crippen MR) is 138 cm³/mol. The highest BCUT2D eigenvalue weighted by molar-refractivity contribution is 7.80. The molecule has 2 atom stereocenters. The molecule has 172 valence electrons. The van der Waals surface area contributed by atoms with Gasteiger partial charge >= 0.3 is 0 Å². The first-order valence-corrected chi connectivity index (χ1v) is 11.5. The molecule has 0 spiro atoms. The van der Waals surface area contributed by atoms with E-state index in [1.165, 1.54) is 0 Å². The third-order valence-electron chi connectivity index (χ3n) is 6.34. The first-order chi connectivity index (χ1) is 16.5. The molecule has 6 nitrogen and oxygen atoms in total. The number of methoxy groups -OCH3 is 1. The van der Waals surface area contributed by atoms with Gasteiger partial charge in [0, 0.05) is 23.3 Å². The topological polar surface area (TPSA) is 62.5 Å². The maximum absolute atomic E-state index is 9.76. The number of anilines is 1. The Labute approximate surface area is 204 Å². The van der Waals surface area contributed by atoms with E-state index in [2.05, 4.69) is 39.7 Å². The van der Waals surface area contributed by atoms with Gasteiger partial charge in [0.05, 0.1) is 30.6 Å². The molecule has 0 aliphatic carbocycles. The number of pyridine rings is 1. The third kappa shape index (κ3) is 3.68. The van der Waals surface area contributed by atoms with Crippen LogP contribution >= 0.6 is 12.2 Å². The number of hydrogen-bond acceptors (Lipinski definition) is 4. The summed E-state index contributed by atoms with van der Waals surface area (Å²) in [6.45, 7) is 4.21. The molecule has 1 saturated heterocycles. The van der Waals surface area contributed by atoms with E-state index in [0.29, 0.717) is 5.11 Å². The van der Waals surface area contributed by atoms with Crippen LogP contribution in [-0.2, 0) is 0 Å². The molecule has 7 heteroatoms. The number of thiocarbonyl (C=S) groups is 1. The van der Waals surface area contributed by atoms with Crippen molar-refractivity contribution < 1.29 is 9.84 Å². The summed E-state index contributed by atoms with van der Waals surface area (Å²) in [5, 5.41) is 13.9. The van der Waals surface area contributed by atoms with Crippen molar-refractivity contribution in [2.75, 3.05) is 12.0 Å². The van der Waals surface area contributed by atoms with Crippen LogP contribution in [-0.4, -0.2) is 26.9 Å². The fraction of sp³-hybridized carbons (Fsp3) is 0.185. The number of phenols is 1. The quantitative estimate of drug-likeness (QED) is 0.382. The predicted octanol–water partition coefficient (Wildman–Crippen LogP) is 5.38. The number of aromatic hydroxyl groups is 1. The normalized spacial score (nSPS) is 17.6. The van der Waals surface area contributed by atoms with Gasteiger partial charge in [0.15, 0.2) is 5.11 Å². The highest BCUT2D eigenvalue weighted by Crippen LogP contribution is 2.46. The van der Waals surface area contributed by atoms with Crippen LogP contribution in [0, 0.1) is 13.8 Å². The van der Waals surface area contributed by atoms with Gasteiger partial charge in [-0.2, -0.15) is 0 Å². The van der Waals surface area contributed by atoms with Gasteiger partial charge < -0.3 is 24.6 Å². The molecule has 2 aromatic heterocycles. The molecule has 5 rings (SSSR count). The minimum atomic E-state index is -0.146. The Morgan fingerprint density at radius 1 is 1.00 bits per heavy atom. The Bertz CT molecular complexity index is 1330. The third-order valence-corrected chi connectivity index (χ3v) is 6.65. The Morgan fingerprint density at radius 2 is 1.74 bits per heavy atom. The zero-order valence-electron chi connectivity index (χ0n) is 19.3. The van der Waals surface area contributed by atoms with Crippen molar-refractivity contribution in [2.45, 2.75) is 25.9 Å². The maximum atomic E-state index is 9.76. The van der Waals surface area contributed by atoms with Crippen molar-refractivity contribution in [3.05, 3.63) is 102 Å². The molecule has 2 aromatic carbocycles. The number of rotatable bonds is 5. The van der Waals surface area contributed by atoms with Crippen LogP contribution in [0.2, 0.25) is 0 Å². The summed E-state index contributed by atoms with van der Waals surface area (Å²) < 4.78 is 7.90. The van der Waals surface area contributed by atoms with E-state index < -0.39 is 0 Å². The standard InChI is InChI=1S/C27H26N4O2S/c1-17-16-21(18(2)30(17)19-11-13-20(32)14-12-19)26-25(22-8-6-7-15-28-22)29-27(34)31(26)23-9-4-5-10-24(23)33-3/h4-16,25-26,32H,1-3H3,(H,29,34). The lowest BCUT2D eigenvalue weighted by atomic mass is 9.96. The van der Waals surface area contributed by atoms with Gasteiger partial charge in [-0.15, -0.1) is 0 Å². The van der Waals surface area contributed by atoms with Gasteiger partial charge in [-0.25, -0.2) is 0 Å². The second-order valence-corrected chi connectivity index (χ2v) is 8.73. The number of nitrogens with zero attached hydrogens (tertiary/aromatic N) is 3. The lowest BCUT2D eigenvalue weighted by Gasteiger charge is -2.29. The van der Waals surface area contributed by atoms with E-state index in [0.717, 1.165) is 39.8 Å². The Kier molecular flexibility index (Phi) is 5.71. The molecule has 1 fully saturated rings. The van der Waals surface area contributed by atoms with E-state index in [9.17, 15) is 5.11 Å². The van der Waals surface area contributed by atoms with E-state index in [4.69, 9.17) is 17.0 Å². The van der Waals surface area contributed by atoms with Gasteiger partial charge in [-0.1, -0.05) is 18.2 Å². The maximum Gasteiger partial charge on any atom is 0.174 e. The largest absolute Gasteiger partial charge is 0.508 e. The second kappa shape index (κ2) is 8.83. The lowest BCUT2D eigenvalue weighted by molar-refractivity contribution is 0.414. The molecular formula is C27H26N4O2S. The van der Waals surface area contributed by atoms with E-state index in [1.807, 2.05) is 60.8 Å². The molecule has 2 unspecified atom stereocenters. The molecule has 0 radical (unpaired) electrons. The minimum Gasteiger partial charge on any atom is -0.508 e. The number of aromatic nitrogens is 2. The Morgan fingerprint density at radius 3 is 2.44 bits per heavy atom. The summed E-state index contributed by atoms with van der Waals surface area (Å²) in [5.74, 6) is 1.00. The van der Waals surface area contributed by atoms with Gasteiger partial charge in [0.25, 0.3) is 0 Å². The summed E-state index contributed by atoms with van der Waals surface area (Å²) in [5.41, 5.74) is 6.14. The molecule has 0 amide bonds. The molecule has 2 N–H and O–H groups in total. The summed E-state index contributed by atoms with van der Waals surface area (Å²) in [6, 6.07) is 23.0. The van der Waals surface area contributed by atoms with E-state index >= 15 is 0 Å². The van der Waals surface area contributed by atoms with Crippen molar-refractivity contribution in [1.29, 1.82) is 0 Å². The number of benzene rings is 2. The van der Waals surface area contributed by atoms with Gasteiger partial charge in [-0.3, -0.25) is 4.98 Å². The van der Waals surface area contributed by atoms with E-state index in [-0.39, 0.29) is 17.8 Å². The fourth-order valence-electron chi connectivity index (χ4n) is 4.85. The Hall–Kier alpha value is -3.84. The summed E-state index contributed by atoms with van der Waals surface area (Å²) in [6.07, 6.45) is 1.81. The van der Waals surface area contributed by atoms with Crippen LogP contribution in [0.5, 0.6) is 11.5 Å². The van der Waals surface area contributed by atoms with Crippen molar-refractivity contribution >= 4 is 23.0 Å². The molecule has 4 aromatic rings. The lowest BCUT2D eigenvalue weighted by Crippen LogP contribution is -2.30. The molecule has 0 bridgehead atoms. The monoisotopic (exact) mass is 470 g/mol. The van der Waals surface area contributed by atoms with Crippen molar-refractivity contribution in [3.63, 3.8) is 0 Å². The van der Waals surface area contributed by atoms with Crippen LogP contribution in [0.1, 0.15) is 34.7 Å². The Balaban J connectivity index is 1.70. The first-order valence-electron chi connectivity index (χ1n) is 11.1. The van der Waals surface area contributed by atoms with Gasteiger partial charge in [0.2, 0.25) is 0 Å².